The van der Waals surface area contributed by atoms with Crippen LogP contribution in [0.25, 0.3) is 11.3 Å². The number of hydrogen-bond donors (Lipinski definition) is 2. The van der Waals surface area contributed by atoms with Gasteiger partial charge in [-0.3, -0.25) is 0 Å². The Morgan fingerprint density at radius 3 is 2.64 bits per heavy atom. The molecule has 1 aromatic heterocycles. The van der Waals surface area contributed by atoms with Crippen molar-refractivity contribution in [3.63, 3.8) is 0 Å². The van der Waals surface area contributed by atoms with Gasteiger partial charge in [0.2, 0.25) is 0 Å². The van der Waals surface area contributed by atoms with Gasteiger partial charge in [0.1, 0.15) is 5.76 Å². The smallest absolute Gasteiger partial charge is 0.135 e. The third-order valence-corrected chi connectivity index (χ3v) is 5.27. The van der Waals surface area contributed by atoms with E-state index in [1.807, 2.05) is 18.2 Å². The monoisotopic (exact) mass is 427 g/mol. The molecule has 3 rings (SSSR count). The predicted molar refractivity (Wildman–Crippen MR) is 94.6 cm³/mol. The SMILES string of the molecule is OC1CCC(NCc2cc(Br)cc(Br)c2-c2ccco2)CC1. The fourth-order valence-electron chi connectivity index (χ4n) is 3.00. The van der Waals surface area contributed by atoms with Gasteiger partial charge in [-0.2, -0.15) is 0 Å². The molecule has 3 nitrogen and oxygen atoms in total. The van der Waals surface area contributed by atoms with Gasteiger partial charge in [0.05, 0.1) is 12.4 Å². The zero-order chi connectivity index (χ0) is 15.5. The van der Waals surface area contributed by atoms with Gasteiger partial charge in [-0.25, -0.2) is 0 Å². The fourth-order valence-corrected chi connectivity index (χ4v) is 4.51. The Morgan fingerprint density at radius 1 is 1.18 bits per heavy atom. The summed E-state index contributed by atoms with van der Waals surface area (Å²) in [6.07, 6.45) is 5.44. The molecule has 0 radical (unpaired) electrons. The van der Waals surface area contributed by atoms with Gasteiger partial charge in [-0.15, -0.1) is 0 Å². The number of benzene rings is 1. The number of halogens is 2. The molecular formula is C17H19Br2NO2. The van der Waals surface area contributed by atoms with Crippen LogP contribution in [-0.2, 0) is 6.54 Å². The predicted octanol–water partition coefficient (Wildman–Crippen LogP) is 4.86. The zero-order valence-corrected chi connectivity index (χ0v) is 15.4. The maximum absolute atomic E-state index is 9.60. The van der Waals surface area contributed by atoms with Crippen LogP contribution < -0.4 is 5.32 Å². The largest absolute Gasteiger partial charge is 0.464 e. The summed E-state index contributed by atoms with van der Waals surface area (Å²) in [4.78, 5) is 0. The van der Waals surface area contributed by atoms with Crippen molar-refractivity contribution in [1.29, 1.82) is 0 Å². The Balaban J connectivity index is 1.78. The molecule has 0 aliphatic heterocycles. The number of aliphatic hydroxyl groups is 1. The van der Waals surface area contributed by atoms with E-state index in [0.717, 1.165) is 52.5 Å². The van der Waals surface area contributed by atoms with E-state index in [9.17, 15) is 5.11 Å². The molecule has 0 saturated heterocycles. The Labute approximate surface area is 147 Å². The van der Waals surface area contributed by atoms with E-state index in [0.29, 0.717) is 6.04 Å². The first kappa shape index (κ1) is 16.2. The van der Waals surface area contributed by atoms with Crippen LogP contribution >= 0.6 is 31.9 Å². The summed E-state index contributed by atoms with van der Waals surface area (Å²) in [6, 6.07) is 8.54. The zero-order valence-electron chi connectivity index (χ0n) is 12.2. The minimum atomic E-state index is -0.114. The van der Waals surface area contributed by atoms with Crippen molar-refractivity contribution < 1.29 is 9.52 Å². The van der Waals surface area contributed by atoms with E-state index in [4.69, 9.17) is 4.42 Å². The summed E-state index contributed by atoms with van der Waals surface area (Å²) in [7, 11) is 0. The molecule has 0 bridgehead atoms. The number of aliphatic hydroxyl groups excluding tert-OH is 1. The molecule has 1 heterocycles. The Bertz CT molecular complexity index is 620. The van der Waals surface area contributed by atoms with Gasteiger partial charge in [0, 0.05) is 27.1 Å². The van der Waals surface area contributed by atoms with Gasteiger partial charge in [-0.05, 0) is 71.4 Å². The van der Waals surface area contributed by atoms with Gasteiger partial charge >= 0.3 is 0 Å². The first-order valence-corrected chi connectivity index (χ1v) is 9.15. The normalized spacial score (nSPS) is 22.0. The molecule has 118 valence electrons. The Kier molecular flexibility index (Phi) is 5.39. The van der Waals surface area contributed by atoms with E-state index >= 15 is 0 Å². The van der Waals surface area contributed by atoms with E-state index in [2.05, 4.69) is 43.2 Å². The summed E-state index contributed by atoms with van der Waals surface area (Å²) in [5.41, 5.74) is 2.29. The Morgan fingerprint density at radius 2 is 1.95 bits per heavy atom. The molecule has 22 heavy (non-hydrogen) atoms. The topological polar surface area (TPSA) is 45.4 Å². The highest BCUT2D eigenvalue weighted by Gasteiger charge is 2.20. The number of furan rings is 1. The average molecular weight is 429 g/mol. The fraction of sp³-hybridized carbons (Fsp3) is 0.412. The van der Waals surface area contributed by atoms with Crippen molar-refractivity contribution in [3.05, 3.63) is 45.0 Å². The number of hydrogen-bond acceptors (Lipinski definition) is 3. The third-order valence-electron chi connectivity index (χ3n) is 4.18. The minimum Gasteiger partial charge on any atom is -0.464 e. The number of rotatable bonds is 4. The molecule has 1 aliphatic carbocycles. The second-order valence-corrected chi connectivity index (χ2v) is 7.56. The van der Waals surface area contributed by atoms with Crippen molar-refractivity contribution in [3.8, 4) is 11.3 Å². The van der Waals surface area contributed by atoms with Crippen LogP contribution in [0.3, 0.4) is 0 Å². The molecular weight excluding hydrogens is 410 g/mol. The van der Waals surface area contributed by atoms with Crippen molar-refractivity contribution in [2.45, 2.75) is 44.4 Å². The van der Waals surface area contributed by atoms with Crippen LogP contribution in [0.2, 0.25) is 0 Å². The van der Waals surface area contributed by atoms with Gasteiger partial charge in [-0.1, -0.05) is 15.9 Å². The minimum absolute atomic E-state index is 0.114. The molecule has 1 saturated carbocycles. The molecule has 1 aliphatic rings. The van der Waals surface area contributed by atoms with Gasteiger partial charge < -0.3 is 14.8 Å². The van der Waals surface area contributed by atoms with Crippen LogP contribution in [0.15, 0.2) is 43.9 Å². The summed E-state index contributed by atoms with van der Waals surface area (Å²) >= 11 is 7.21. The van der Waals surface area contributed by atoms with E-state index in [-0.39, 0.29) is 6.10 Å². The maximum atomic E-state index is 9.60. The Hall–Kier alpha value is -0.620. The lowest BCUT2D eigenvalue weighted by Crippen LogP contribution is -2.34. The van der Waals surface area contributed by atoms with E-state index < -0.39 is 0 Å². The summed E-state index contributed by atoms with van der Waals surface area (Å²) in [5, 5.41) is 13.2. The van der Waals surface area contributed by atoms with Crippen molar-refractivity contribution >= 4 is 31.9 Å². The van der Waals surface area contributed by atoms with Gasteiger partial charge in [0.15, 0.2) is 0 Å². The molecule has 0 atom stereocenters. The second kappa shape index (κ2) is 7.30. The molecule has 1 aromatic carbocycles. The van der Waals surface area contributed by atoms with Crippen molar-refractivity contribution in [1.82, 2.24) is 5.32 Å². The first-order valence-electron chi connectivity index (χ1n) is 7.56. The van der Waals surface area contributed by atoms with Gasteiger partial charge in [0.25, 0.3) is 0 Å². The second-order valence-electron chi connectivity index (χ2n) is 5.79. The summed E-state index contributed by atoms with van der Waals surface area (Å²) < 4.78 is 7.65. The maximum Gasteiger partial charge on any atom is 0.135 e. The summed E-state index contributed by atoms with van der Waals surface area (Å²) in [5.74, 6) is 0.871. The van der Waals surface area contributed by atoms with E-state index in [1.165, 1.54) is 5.56 Å². The van der Waals surface area contributed by atoms with Crippen LogP contribution in [0.4, 0.5) is 0 Å². The number of nitrogens with one attached hydrogen (secondary N) is 1. The van der Waals surface area contributed by atoms with Crippen LogP contribution in [0, 0.1) is 0 Å². The molecule has 0 amide bonds. The lowest BCUT2D eigenvalue weighted by atomic mass is 9.93. The quantitative estimate of drug-likeness (QED) is 0.730. The highest BCUT2D eigenvalue weighted by Crippen LogP contribution is 2.35. The van der Waals surface area contributed by atoms with Crippen LogP contribution in [0.5, 0.6) is 0 Å². The molecule has 0 spiro atoms. The highest BCUT2D eigenvalue weighted by molar-refractivity contribution is 9.11. The van der Waals surface area contributed by atoms with Crippen LogP contribution in [0.1, 0.15) is 31.2 Å². The molecule has 5 heteroatoms. The highest BCUT2D eigenvalue weighted by atomic mass is 79.9. The standard InChI is InChI=1S/C17H19Br2NO2/c18-12-8-11(10-20-13-3-5-14(21)6-4-13)17(15(19)9-12)16-2-1-7-22-16/h1-2,7-9,13-14,20-21H,3-6,10H2. The first-order chi connectivity index (χ1) is 10.6. The third kappa shape index (κ3) is 3.82. The van der Waals surface area contributed by atoms with Crippen LogP contribution in [-0.4, -0.2) is 17.3 Å². The summed E-state index contributed by atoms with van der Waals surface area (Å²) in [6.45, 7) is 0.787. The lowest BCUT2D eigenvalue weighted by Gasteiger charge is -2.26. The van der Waals surface area contributed by atoms with Crippen molar-refractivity contribution in [2.75, 3.05) is 0 Å². The molecule has 2 aromatic rings. The lowest BCUT2D eigenvalue weighted by molar-refractivity contribution is 0.116. The van der Waals surface area contributed by atoms with Crippen molar-refractivity contribution in [2.24, 2.45) is 0 Å². The average Bonchev–Trinajstić information content (AvgIpc) is 3.00. The van der Waals surface area contributed by atoms with E-state index in [1.54, 1.807) is 6.26 Å². The molecule has 0 unspecified atom stereocenters. The molecule has 2 N–H and O–H groups in total. The molecule has 1 fully saturated rings.